The maximum Gasteiger partial charge on any atom is 0.246 e. The van der Waals surface area contributed by atoms with Crippen molar-refractivity contribution < 1.29 is 9.59 Å². The zero-order valence-corrected chi connectivity index (χ0v) is 11.4. The average Bonchev–Trinajstić information content (AvgIpc) is 2.42. The fraction of sp³-hybridized carbons (Fsp3) is 0.467. The molecule has 1 unspecified atom stereocenters. The third-order valence-electron chi connectivity index (χ3n) is 3.52. The van der Waals surface area contributed by atoms with Crippen LogP contribution < -0.4 is 5.32 Å². The molecule has 0 aromatic heterocycles. The van der Waals surface area contributed by atoms with Crippen molar-refractivity contribution in [2.75, 3.05) is 0 Å². The fourth-order valence-corrected chi connectivity index (χ4v) is 2.37. The molecular weight excluding hydrogens is 240 g/mol. The molecule has 0 spiro atoms. The summed E-state index contributed by atoms with van der Waals surface area (Å²) in [6.45, 7) is 4.28. The first-order valence-corrected chi connectivity index (χ1v) is 6.78. The largest absolute Gasteiger partial charge is 0.343 e. The molecule has 1 fully saturated rings. The van der Waals surface area contributed by atoms with Gasteiger partial charge in [-0.3, -0.25) is 9.59 Å². The Kier molecular flexibility index (Phi) is 4.20. The minimum Gasteiger partial charge on any atom is -0.343 e. The number of hydrogen-bond donors (Lipinski definition) is 1. The molecule has 0 saturated carbocycles. The van der Waals surface area contributed by atoms with Crippen molar-refractivity contribution in [2.45, 2.75) is 45.3 Å². The zero-order valence-electron chi connectivity index (χ0n) is 11.4. The van der Waals surface area contributed by atoms with E-state index in [4.69, 9.17) is 0 Å². The van der Waals surface area contributed by atoms with Crippen molar-refractivity contribution in [3.8, 4) is 0 Å². The van der Waals surface area contributed by atoms with Gasteiger partial charge in [0.25, 0.3) is 0 Å². The normalized spacial score (nSPS) is 23.4. The van der Waals surface area contributed by atoms with Crippen LogP contribution in [0.3, 0.4) is 0 Å². The van der Waals surface area contributed by atoms with Crippen LogP contribution in [-0.2, 0) is 16.1 Å². The van der Waals surface area contributed by atoms with Gasteiger partial charge in [-0.1, -0.05) is 43.7 Å². The maximum absolute atomic E-state index is 12.4. The van der Waals surface area contributed by atoms with Crippen LogP contribution in [0.4, 0.5) is 0 Å². The average molecular weight is 260 g/mol. The summed E-state index contributed by atoms with van der Waals surface area (Å²) in [5.74, 6) is -0.0354. The van der Waals surface area contributed by atoms with Crippen molar-refractivity contribution in [2.24, 2.45) is 0 Å². The predicted octanol–water partition coefficient (Wildman–Crippen LogP) is 1.70. The zero-order chi connectivity index (χ0) is 13.8. The number of nitrogens with zero attached hydrogens (tertiary/aromatic N) is 1. The molecule has 0 radical (unpaired) electrons. The van der Waals surface area contributed by atoms with Crippen LogP contribution in [-0.4, -0.2) is 28.8 Å². The molecule has 4 nitrogen and oxygen atoms in total. The van der Waals surface area contributed by atoms with Crippen molar-refractivity contribution in [3.63, 3.8) is 0 Å². The third-order valence-corrected chi connectivity index (χ3v) is 3.52. The summed E-state index contributed by atoms with van der Waals surface area (Å²) in [4.78, 5) is 26.0. The summed E-state index contributed by atoms with van der Waals surface area (Å²) in [6, 6.07) is 9.01. The summed E-state index contributed by atoms with van der Waals surface area (Å²) in [6.07, 6.45) is 1.58. The molecule has 102 valence electrons. The fourth-order valence-electron chi connectivity index (χ4n) is 2.37. The SMILES string of the molecule is CCC[C@H]1NC(=O)C(C)N(Cc2ccccc2)C1=O. The molecule has 0 aliphatic carbocycles. The Morgan fingerprint density at radius 3 is 2.53 bits per heavy atom. The molecule has 1 N–H and O–H groups in total. The summed E-state index contributed by atoms with van der Waals surface area (Å²) < 4.78 is 0. The van der Waals surface area contributed by atoms with E-state index in [1.807, 2.05) is 37.3 Å². The van der Waals surface area contributed by atoms with Crippen molar-refractivity contribution >= 4 is 11.8 Å². The van der Waals surface area contributed by atoms with Crippen LogP contribution in [0.15, 0.2) is 30.3 Å². The molecule has 4 heteroatoms. The topological polar surface area (TPSA) is 49.4 Å². The van der Waals surface area contributed by atoms with Gasteiger partial charge in [0.2, 0.25) is 11.8 Å². The van der Waals surface area contributed by atoms with E-state index in [0.29, 0.717) is 13.0 Å². The second-order valence-corrected chi connectivity index (χ2v) is 4.98. The van der Waals surface area contributed by atoms with E-state index < -0.39 is 6.04 Å². The van der Waals surface area contributed by atoms with E-state index in [0.717, 1.165) is 12.0 Å². The number of carbonyl (C=O) groups is 2. The van der Waals surface area contributed by atoms with Crippen LogP contribution in [0, 0.1) is 0 Å². The monoisotopic (exact) mass is 260 g/mol. The third kappa shape index (κ3) is 2.95. The Hall–Kier alpha value is -1.84. The first kappa shape index (κ1) is 13.6. The smallest absolute Gasteiger partial charge is 0.246 e. The van der Waals surface area contributed by atoms with E-state index in [-0.39, 0.29) is 17.9 Å². The Bertz CT molecular complexity index is 458. The molecule has 0 bridgehead atoms. The van der Waals surface area contributed by atoms with Crippen molar-refractivity contribution in [1.29, 1.82) is 0 Å². The van der Waals surface area contributed by atoms with Crippen LogP contribution in [0.5, 0.6) is 0 Å². The first-order valence-electron chi connectivity index (χ1n) is 6.78. The first-order chi connectivity index (χ1) is 9.13. The highest BCUT2D eigenvalue weighted by Gasteiger charge is 2.37. The lowest BCUT2D eigenvalue weighted by Crippen LogP contribution is -2.61. The Balaban J connectivity index is 2.16. The highest BCUT2D eigenvalue weighted by molar-refractivity contribution is 5.96. The number of carbonyl (C=O) groups excluding carboxylic acids is 2. The Labute approximate surface area is 113 Å². The highest BCUT2D eigenvalue weighted by Crippen LogP contribution is 2.16. The van der Waals surface area contributed by atoms with Gasteiger partial charge < -0.3 is 10.2 Å². The van der Waals surface area contributed by atoms with Gasteiger partial charge in [-0.2, -0.15) is 0 Å². The summed E-state index contributed by atoms with van der Waals surface area (Å²) in [5, 5.41) is 2.80. The number of amides is 2. The summed E-state index contributed by atoms with van der Waals surface area (Å²) >= 11 is 0. The number of rotatable bonds is 4. The molecule has 1 aliphatic heterocycles. The second-order valence-electron chi connectivity index (χ2n) is 4.98. The molecule has 1 aromatic carbocycles. The van der Waals surface area contributed by atoms with Gasteiger partial charge in [0.1, 0.15) is 12.1 Å². The minimum atomic E-state index is -0.402. The molecule has 19 heavy (non-hydrogen) atoms. The highest BCUT2D eigenvalue weighted by atomic mass is 16.2. The molecule has 2 rings (SSSR count). The maximum atomic E-state index is 12.4. The molecule has 1 heterocycles. The lowest BCUT2D eigenvalue weighted by molar-refractivity contribution is -0.149. The van der Waals surface area contributed by atoms with Gasteiger partial charge in [0, 0.05) is 6.54 Å². The van der Waals surface area contributed by atoms with Gasteiger partial charge in [0.15, 0.2) is 0 Å². The van der Waals surface area contributed by atoms with E-state index in [2.05, 4.69) is 5.32 Å². The Morgan fingerprint density at radius 1 is 1.21 bits per heavy atom. The van der Waals surface area contributed by atoms with Crippen molar-refractivity contribution in [3.05, 3.63) is 35.9 Å². The van der Waals surface area contributed by atoms with Gasteiger partial charge in [-0.05, 0) is 18.9 Å². The Morgan fingerprint density at radius 2 is 1.89 bits per heavy atom. The molecule has 1 aromatic rings. The van der Waals surface area contributed by atoms with E-state index in [1.54, 1.807) is 11.8 Å². The van der Waals surface area contributed by atoms with E-state index in [1.165, 1.54) is 0 Å². The van der Waals surface area contributed by atoms with Crippen LogP contribution in [0.25, 0.3) is 0 Å². The molecule has 1 aliphatic rings. The second kappa shape index (κ2) is 5.87. The summed E-state index contributed by atoms with van der Waals surface area (Å²) in [7, 11) is 0. The quantitative estimate of drug-likeness (QED) is 0.896. The molecular formula is C15H20N2O2. The number of benzene rings is 1. The lowest BCUT2D eigenvalue weighted by Gasteiger charge is -2.37. The van der Waals surface area contributed by atoms with Crippen LogP contribution in [0.2, 0.25) is 0 Å². The van der Waals surface area contributed by atoms with Gasteiger partial charge >= 0.3 is 0 Å². The lowest BCUT2D eigenvalue weighted by atomic mass is 10.0. The number of hydrogen-bond acceptors (Lipinski definition) is 2. The van der Waals surface area contributed by atoms with Gasteiger partial charge in [0.05, 0.1) is 0 Å². The molecule has 2 atom stereocenters. The minimum absolute atomic E-state index is 0.0257. The molecule has 1 saturated heterocycles. The van der Waals surface area contributed by atoms with Crippen LogP contribution in [0.1, 0.15) is 32.3 Å². The van der Waals surface area contributed by atoms with Crippen LogP contribution >= 0.6 is 0 Å². The van der Waals surface area contributed by atoms with Gasteiger partial charge in [-0.15, -0.1) is 0 Å². The van der Waals surface area contributed by atoms with E-state index >= 15 is 0 Å². The standard InChI is InChI=1S/C15H20N2O2/c1-3-7-13-15(19)17(11(2)14(18)16-13)10-12-8-5-4-6-9-12/h4-6,8-9,11,13H,3,7,10H2,1-2H3,(H,16,18)/t11?,13-/m1/s1. The van der Waals surface area contributed by atoms with Gasteiger partial charge in [-0.25, -0.2) is 0 Å². The predicted molar refractivity (Wildman–Crippen MR) is 73.3 cm³/mol. The van der Waals surface area contributed by atoms with E-state index in [9.17, 15) is 9.59 Å². The number of nitrogens with one attached hydrogen (secondary N) is 1. The summed E-state index contributed by atoms with van der Waals surface area (Å²) in [5.41, 5.74) is 1.05. The van der Waals surface area contributed by atoms with Crippen molar-refractivity contribution in [1.82, 2.24) is 10.2 Å². The molecule has 2 amide bonds. The number of piperazine rings is 1.